The molecule has 6 nitrogen and oxygen atoms in total. The van der Waals surface area contributed by atoms with Gasteiger partial charge >= 0.3 is 0 Å². The maximum absolute atomic E-state index is 5.98. The Morgan fingerprint density at radius 2 is 2.05 bits per heavy atom. The van der Waals surface area contributed by atoms with E-state index >= 15 is 0 Å². The fraction of sp³-hybridized carbons (Fsp3) is 0.867. The minimum Gasteiger partial charge on any atom is -0.425 e. The van der Waals surface area contributed by atoms with Crippen molar-refractivity contribution < 1.29 is 13.9 Å². The standard InChI is InChI=1S/C15H23N3O3/c1-10-16-17-15(21-10)13-9-20-14-8-18(7-12(13)14)6-11-2-4-19-5-3-11/h11-14H,2-9H2,1H3/t12-,13+,14-/m0/s1. The highest BCUT2D eigenvalue weighted by Crippen LogP contribution is 2.39. The molecule has 0 spiro atoms. The Morgan fingerprint density at radius 3 is 2.81 bits per heavy atom. The first-order valence-electron chi connectivity index (χ1n) is 8.01. The minimum absolute atomic E-state index is 0.274. The van der Waals surface area contributed by atoms with Crippen LogP contribution in [0.4, 0.5) is 0 Å². The molecule has 0 radical (unpaired) electrons. The number of fused-ring (bicyclic) bond motifs is 1. The van der Waals surface area contributed by atoms with Crippen LogP contribution >= 0.6 is 0 Å². The Kier molecular flexibility index (Phi) is 3.69. The van der Waals surface area contributed by atoms with Crippen LogP contribution in [0.3, 0.4) is 0 Å². The Labute approximate surface area is 124 Å². The summed E-state index contributed by atoms with van der Waals surface area (Å²) in [5.74, 6) is 2.96. The molecule has 4 heterocycles. The summed E-state index contributed by atoms with van der Waals surface area (Å²) in [6.07, 6.45) is 2.72. The Morgan fingerprint density at radius 1 is 1.19 bits per heavy atom. The molecule has 0 N–H and O–H groups in total. The molecule has 116 valence electrons. The fourth-order valence-electron chi connectivity index (χ4n) is 3.95. The second-order valence-electron chi connectivity index (χ2n) is 6.58. The maximum Gasteiger partial charge on any atom is 0.222 e. The molecule has 0 unspecified atom stereocenters. The third-order valence-electron chi connectivity index (χ3n) is 5.11. The van der Waals surface area contributed by atoms with Gasteiger partial charge in [-0.3, -0.25) is 0 Å². The molecular weight excluding hydrogens is 270 g/mol. The lowest BCUT2D eigenvalue weighted by Crippen LogP contribution is -2.32. The zero-order valence-electron chi connectivity index (χ0n) is 12.5. The van der Waals surface area contributed by atoms with Crippen LogP contribution in [0, 0.1) is 18.8 Å². The predicted octanol–water partition coefficient (Wildman–Crippen LogP) is 1.22. The highest BCUT2D eigenvalue weighted by atomic mass is 16.5. The van der Waals surface area contributed by atoms with Crippen LogP contribution in [-0.4, -0.2) is 60.7 Å². The van der Waals surface area contributed by atoms with Crippen LogP contribution in [0.15, 0.2) is 4.42 Å². The number of hydrogen-bond acceptors (Lipinski definition) is 6. The molecule has 0 bridgehead atoms. The number of likely N-dealkylation sites (tertiary alicyclic amines) is 1. The summed E-state index contributed by atoms with van der Waals surface area (Å²) in [4.78, 5) is 2.56. The Bertz CT molecular complexity index is 486. The van der Waals surface area contributed by atoms with E-state index in [1.165, 1.54) is 19.4 Å². The van der Waals surface area contributed by atoms with Gasteiger partial charge in [-0.25, -0.2) is 0 Å². The highest BCUT2D eigenvalue weighted by Gasteiger charge is 2.46. The third kappa shape index (κ3) is 2.72. The molecule has 3 saturated heterocycles. The van der Waals surface area contributed by atoms with Crippen LogP contribution in [0.2, 0.25) is 0 Å². The normalized spacial score (nSPS) is 34.4. The van der Waals surface area contributed by atoms with Crippen LogP contribution in [0.1, 0.15) is 30.5 Å². The van der Waals surface area contributed by atoms with Gasteiger partial charge in [0.05, 0.1) is 18.6 Å². The molecule has 21 heavy (non-hydrogen) atoms. The quantitative estimate of drug-likeness (QED) is 0.835. The van der Waals surface area contributed by atoms with E-state index in [9.17, 15) is 0 Å². The van der Waals surface area contributed by atoms with E-state index < -0.39 is 0 Å². The first-order chi connectivity index (χ1) is 10.3. The van der Waals surface area contributed by atoms with E-state index in [4.69, 9.17) is 13.9 Å². The molecule has 3 aliphatic heterocycles. The molecule has 3 fully saturated rings. The predicted molar refractivity (Wildman–Crippen MR) is 75.0 cm³/mol. The van der Waals surface area contributed by atoms with Crippen molar-refractivity contribution in [1.82, 2.24) is 15.1 Å². The summed E-state index contributed by atoms with van der Waals surface area (Å²) in [6, 6.07) is 0. The monoisotopic (exact) mass is 293 g/mol. The summed E-state index contributed by atoms with van der Waals surface area (Å²) in [7, 11) is 0. The summed E-state index contributed by atoms with van der Waals surface area (Å²) in [5, 5.41) is 8.16. The fourth-order valence-corrected chi connectivity index (χ4v) is 3.95. The molecular formula is C15H23N3O3. The van der Waals surface area contributed by atoms with E-state index in [-0.39, 0.29) is 5.92 Å². The van der Waals surface area contributed by atoms with Gasteiger partial charge in [-0.2, -0.15) is 0 Å². The zero-order valence-corrected chi connectivity index (χ0v) is 12.5. The van der Waals surface area contributed by atoms with Crippen molar-refractivity contribution >= 4 is 0 Å². The first-order valence-corrected chi connectivity index (χ1v) is 8.01. The van der Waals surface area contributed by atoms with Crippen LogP contribution in [-0.2, 0) is 9.47 Å². The summed E-state index contributed by atoms with van der Waals surface area (Å²) < 4.78 is 17.0. The third-order valence-corrected chi connectivity index (χ3v) is 5.11. The van der Waals surface area contributed by atoms with Gasteiger partial charge < -0.3 is 18.8 Å². The minimum atomic E-state index is 0.274. The largest absolute Gasteiger partial charge is 0.425 e. The number of hydrogen-bond donors (Lipinski definition) is 0. The number of aromatic nitrogens is 2. The number of ether oxygens (including phenoxy) is 2. The van der Waals surface area contributed by atoms with Crippen molar-refractivity contribution in [2.24, 2.45) is 11.8 Å². The van der Waals surface area contributed by atoms with Crippen LogP contribution in [0.25, 0.3) is 0 Å². The second kappa shape index (κ2) is 5.66. The van der Waals surface area contributed by atoms with E-state index in [0.29, 0.717) is 17.9 Å². The van der Waals surface area contributed by atoms with E-state index in [1.807, 2.05) is 6.92 Å². The van der Waals surface area contributed by atoms with Gasteiger partial charge in [0, 0.05) is 45.7 Å². The molecule has 1 aromatic heterocycles. The van der Waals surface area contributed by atoms with Crippen molar-refractivity contribution in [3.63, 3.8) is 0 Å². The molecule has 3 atom stereocenters. The van der Waals surface area contributed by atoms with Crippen LogP contribution in [0.5, 0.6) is 0 Å². The summed E-state index contributed by atoms with van der Waals surface area (Å²) in [6.45, 7) is 7.73. The van der Waals surface area contributed by atoms with Gasteiger partial charge in [-0.15, -0.1) is 10.2 Å². The van der Waals surface area contributed by atoms with Gasteiger partial charge in [0.15, 0.2) is 0 Å². The summed E-state index contributed by atoms with van der Waals surface area (Å²) >= 11 is 0. The maximum atomic E-state index is 5.98. The molecule has 4 rings (SSSR count). The molecule has 6 heteroatoms. The number of aryl methyl sites for hydroxylation is 1. The molecule has 1 aromatic rings. The van der Waals surface area contributed by atoms with Gasteiger partial charge in [-0.1, -0.05) is 0 Å². The number of rotatable bonds is 3. The summed E-state index contributed by atoms with van der Waals surface area (Å²) in [5.41, 5.74) is 0. The van der Waals surface area contributed by atoms with Crippen LogP contribution < -0.4 is 0 Å². The number of nitrogens with zero attached hydrogens (tertiary/aromatic N) is 3. The van der Waals surface area contributed by atoms with Gasteiger partial charge in [-0.05, 0) is 18.8 Å². The van der Waals surface area contributed by atoms with E-state index in [0.717, 1.165) is 44.7 Å². The second-order valence-corrected chi connectivity index (χ2v) is 6.58. The van der Waals surface area contributed by atoms with Crippen molar-refractivity contribution in [3.05, 3.63) is 11.8 Å². The lowest BCUT2D eigenvalue weighted by Gasteiger charge is -2.27. The van der Waals surface area contributed by atoms with Crippen molar-refractivity contribution in [1.29, 1.82) is 0 Å². The average Bonchev–Trinajstić information content (AvgIpc) is 3.15. The highest BCUT2D eigenvalue weighted by molar-refractivity contribution is 5.05. The average molecular weight is 293 g/mol. The Hall–Kier alpha value is -0.980. The zero-order chi connectivity index (χ0) is 14.2. The smallest absolute Gasteiger partial charge is 0.222 e. The molecule has 0 amide bonds. The van der Waals surface area contributed by atoms with Gasteiger partial charge in [0.25, 0.3) is 0 Å². The molecule has 0 saturated carbocycles. The van der Waals surface area contributed by atoms with Crippen molar-refractivity contribution in [2.45, 2.75) is 31.8 Å². The SMILES string of the molecule is Cc1nnc([C@@H]2CO[C@H]3CN(CC4CCOCC4)C[C@H]32)o1. The van der Waals surface area contributed by atoms with E-state index in [1.54, 1.807) is 0 Å². The molecule has 0 aliphatic carbocycles. The lowest BCUT2D eigenvalue weighted by atomic mass is 9.93. The Balaban J connectivity index is 1.38. The van der Waals surface area contributed by atoms with Crippen molar-refractivity contribution in [2.75, 3.05) is 39.5 Å². The molecule has 0 aromatic carbocycles. The van der Waals surface area contributed by atoms with E-state index in [2.05, 4.69) is 15.1 Å². The topological polar surface area (TPSA) is 60.6 Å². The van der Waals surface area contributed by atoms with Gasteiger partial charge in [0.1, 0.15) is 0 Å². The molecule has 3 aliphatic rings. The first kappa shape index (κ1) is 13.7. The van der Waals surface area contributed by atoms with Gasteiger partial charge in [0.2, 0.25) is 11.8 Å². The lowest BCUT2D eigenvalue weighted by molar-refractivity contribution is 0.0494. The van der Waals surface area contributed by atoms with Crippen molar-refractivity contribution in [3.8, 4) is 0 Å².